The van der Waals surface area contributed by atoms with Crippen LogP contribution in [0, 0.1) is 12.8 Å². The summed E-state index contributed by atoms with van der Waals surface area (Å²) in [4.78, 5) is 0. The molecule has 2 nitrogen and oxygen atoms in total. The average molecular weight is 256 g/mol. The standard InChI is InChI=1S/C14H22ClNO/c1-5-11(9-16-3)7-12-8-13(15)10(2)6-14(12)17-4/h6,8,11,16H,5,7,9H2,1-4H3. The molecule has 1 aromatic carbocycles. The number of hydrogen-bond acceptors (Lipinski definition) is 2. The molecule has 0 aromatic heterocycles. The molecule has 1 N–H and O–H groups in total. The van der Waals surface area contributed by atoms with Gasteiger partial charge in [0.05, 0.1) is 7.11 Å². The van der Waals surface area contributed by atoms with E-state index in [-0.39, 0.29) is 0 Å². The van der Waals surface area contributed by atoms with Crippen molar-refractivity contribution >= 4 is 11.6 Å². The number of hydrogen-bond donors (Lipinski definition) is 1. The van der Waals surface area contributed by atoms with Crippen molar-refractivity contribution in [2.45, 2.75) is 26.7 Å². The third kappa shape index (κ3) is 3.90. The largest absolute Gasteiger partial charge is 0.496 e. The van der Waals surface area contributed by atoms with Gasteiger partial charge in [0.1, 0.15) is 5.75 Å². The lowest BCUT2D eigenvalue weighted by Gasteiger charge is -2.17. The molecule has 0 fully saturated rings. The first-order chi connectivity index (χ1) is 8.12. The zero-order valence-corrected chi connectivity index (χ0v) is 11.9. The van der Waals surface area contributed by atoms with E-state index in [2.05, 4.69) is 12.2 Å². The Morgan fingerprint density at radius 1 is 1.41 bits per heavy atom. The first kappa shape index (κ1) is 14.3. The molecule has 0 aliphatic heterocycles. The van der Waals surface area contributed by atoms with Crippen LogP contribution in [0.15, 0.2) is 12.1 Å². The lowest BCUT2D eigenvalue weighted by Crippen LogP contribution is -2.20. The van der Waals surface area contributed by atoms with Crippen molar-refractivity contribution < 1.29 is 4.74 Å². The third-order valence-corrected chi connectivity index (χ3v) is 3.55. The maximum absolute atomic E-state index is 6.18. The van der Waals surface area contributed by atoms with Crippen LogP contribution in [0.2, 0.25) is 5.02 Å². The molecule has 1 unspecified atom stereocenters. The zero-order chi connectivity index (χ0) is 12.8. The monoisotopic (exact) mass is 255 g/mol. The molecule has 0 heterocycles. The topological polar surface area (TPSA) is 21.3 Å². The molecule has 96 valence electrons. The smallest absolute Gasteiger partial charge is 0.122 e. The highest BCUT2D eigenvalue weighted by atomic mass is 35.5. The Hall–Kier alpha value is -0.730. The number of ether oxygens (including phenoxy) is 1. The van der Waals surface area contributed by atoms with E-state index in [0.717, 1.165) is 35.7 Å². The van der Waals surface area contributed by atoms with Crippen LogP contribution in [0.25, 0.3) is 0 Å². The molecule has 0 saturated carbocycles. The number of benzene rings is 1. The van der Waals surface area contributed by atoms with Crippen LogP contribution in [-0.2, 0) is 6.42 Å². The lowest BCUT2D eigenvalue weighted by molar-refractivity contribution is 0.400. The van der Waals surface area contributed by atoms with Crippen LogP contribution >= 0.6 is 11.6 Å². The Bertz CT molecular complexity index is 365. The van der Waals surface area contributed by atoms with Crippen molar-refractivity contribution in [3.05, 3.63) is 28.3 Å². The summed E-state index contributed by atoms with van der Waals surface area (Å²) in [7, 11) is 3.70. The summed E-state index contributed by atoms with van der Waals surface area (Å²) in [5, 5.41) is 4.05. The summed E-state index contributed by atoms with van der Waals surface area (Å²) in [6.07, 6.45) is 2.15. The molecule has 0 amide bonds. The first-order valence-electron chi connectivity index (χ1n) is 6.10. The van der Waals surface area contributed by atoms with Gasteiger partial charge >= 0.3 is 0 Å². The summed E-state index contributed by atoms with van der Waals surface area (Å²) >= 11 is 6.18. The van der Waals surface area contributed by atoms with Gasteiger partial charge in [0.2, 0.25) is 0 Å². The van der Waals surface area contributed by atoms with Gasteiger partial charge in [-0.25, -0.2) is 0 Å². The first-order valence-corrected chi connectivity index (χ1v) is 6.47. The van der Waals surface area contributed by atoms with Crippen LogP contribution in [0.4, 0.5) is 0 Å². The number of aryl methyl sites for hydroxylation is 1. The van der Waals surface area contributed by atoms with Crippen LogP contribution in [0.3, 0.4) is 0 Å². The molecule has 0 aliphatic rings. The third-order valence-electron chi connectivity index (χ3n) is 3.14. The number of rotatable bonds is 6. The van der Waals surface area contributed by atoms with E-state index in [1.165, 1.54) is 5.56 Å². The van der Waals surface area contributed by atoms with E-state index in [1.807, 2.05) is 26.1 Å². The van der Waals surface area contributed by atoms with Crippen LogP contribution in [0.1, 0.15) is 24.5 Å². The van der Waals surface area contributed by atoms with Gasteiger partial charge in [-0.15, -0.1) is 0 Å². The van der Waals surface area contributed by atoms with Gasteiger partial charge in [-0.05, 0) is 56.1 Å². The molecule has 0 radical (unpaired) electrons. The Morgan fingerprint density at radius 2 is 2.12 bits per heavy atom. The van der Waals surface area contributed by atoms with E-state index in [1.54, 1.807) is 7.11 Å². The normalized spacial score (nSPS) is 12.5. The van der Waals surface area contributed by atoms with Gasteiger partial charge < -0.3 is 10.1 Å². The Balaban J connectivity index is 2.91. The molecule has 1 aromatic rings. The van der Waals surface area contributed by atoms with E-state index in [4.69, 9.17) is 16.3 Å². The van der Waals surface area contributed by atoms with Crippen molar-refractivity contribution in [3.8, 4) is 5.75 Å². The van der Waals surface area contributed by atoms with E-state index < -0.39 is 0 Å². The van der Waals surface area contributed by atoms with Crippen molar-refractivity contribution in [3.63, 3.8) is 0 Å². The maximum atomic E-state index is 6.18. The predicted molar refractivity (Wildman–Crippen MR) is 74.2 cm³/mol. The van der Waals surface area contributed by atoms with Crippen LogP contribution < -0.4 is 10.1 Å². The average Bonchev–Trinajstić information content (AvgIpc) is 2.32. The predicted octanol–water partition coefficient (Wildman–Crippen LogP) is 3.45. The lowest BCUT2D eigenvalue weighted by atomic mass is 9.95. The second-order valence-electron chi connectivity index (χ2n) is 4.45. The maximum Gasteiger partial charge on any atom is 0.122 e. The summed E-state index contributed by atoms with van der Waals surface area (Å²) in [6.45, 7) is 5.23. The van der Waals surface area contributed by atoms with Crippen molar-refractivity contribution in [2.24, 2.45) is 5.92 Å². The van der Waals surface area contributed by atoms with Gasteiger partial charge in [0, 0.05) is 5.02 Å². The van der Waals surface area contributed by atoms with Crippen molar-refractivity contribution in [2.75, 3.05) is 20.7 Å². The quantitative estimate of drug-likeness (QED) is 0.841. The number of halogens is 1. The molecule has 0 bridgehead atoms. The van der Waals surface area contributed by atoms with Gasteiger partial charge in [-0.3, -0.25) is 0 Å². The Morgan fingerprint density at radius 3 is 2.65 bits per heavy atom. The Kier molecular flexibility index (Phi) is 5.79. The highest BCUT2D eigenvalue weighted by Crippen LogP contribution is 2.28. The van der Waals surface area contributed by atoms with Gasteiger partial charge in [0.25, 0.3) is 0 Å². The van der Waals surface area contributed by atoms with Gasteiger partial charge in [-0.2, -0.15) is 0 Å². The van der Waals surface area contributed by atoms with Crippen molar-refractivity contribution in [1.29, 1.82) is 0 Å². The summed E-state index contributed by atoms with van der Waals surface area (Å²) in [5.74, 6) is 1.56. The minimum atomic E-state index is 0.618. The number of nitrogens with one attached hydrogen (secondary N) is 1. The highest BCUT2D eigenvalue weighted by molar-refractivity contribution is 6.31. The molecule has 0 spiro atoms. The highest BCUT2D eigenvalue weighted by Gasteiger charge is 2.12. The molecule has 0 aliphatic carbocycles. The molecule has 1 atom stereocenters. The molecule has 1 rings (SSSR count). The SMILES string of the molecule is CCC(CNC)Cc1cc(Cl)c(C)cc1OC. The van der Waals surface area contributed by atoms with Crippen LogP contribution in [-0.4, -0.2) is 20.7 Å². The van der Waals surface area contributed by atoms with Gasteiger partial charge in [0.15, 0.2) is 0 Å². The fourth-order valence-corrected chi connectivity index (χ4v) is 2.19. The molecular weight excluding hydrogens is 234 g/mol. The number of methoxy groups -OCH3 is 1. The van der Waals surface area contributed by atoms with Gasteiger partial charge in [-0.1, -0.05) is 24.9 Å². The Labute approximate surface area is 109 Å². The minimum absolute atomic E-state index is 0.618. The summed E-state index contributed by atoms with van der Waals surface area (Å²) in [6, 6.07) is 4.05. The van der Waals surface area contributed by atoms with E-state index >= 15 is 0 Å². The van der Waals surface area contributed by atoms with Crippen LogP contribution in [0.5, 0.6) is 5.75 Å². The molecule has 0 saturated heterocycles. The second kappa shape index (κ2) is 6.87. The summed E-state index contributed by atoms with van der Waals surface area (Å²) < 4.78 is 5.43. The fraction of sp³-hybridized carbons (Fsp3) is 0.571. The molecule has 3 heteroatoms. The van der Waals surface area contributed by atoms with E-state index in [0.29, 0.717) is 5.92 Å². The molecule has 17 heavy (non-hydrogen) atoms. The van der Waals surface area contributed by atoms with E-state index in [9.17, 15) is 0 Å². The molecular formula is C14H22ClNO. The fourth-order valence-electron chi connectivity index (χ4n) is 2.01. The summed E-state index contributed by atoms with van der Waals surface area (Å²) in [5.41, 5.74) is 2.26. The minimum Gasteiger partial charge on any atom is -0.496 e. The van der Waals surface area contributed by atoms with Crippen molar-refractivity contribution in [1.82, 2.24) is 5.32 Å². The second-order valence-corrected chi connectivity index (χ2v) is 4.86. The zero-order valence-electron chi connectivity index (χ0n) is 11.1.